The van der Waals surface area contributed by atoms with Gasteiger partial charge in [0, 0.05) is 18.9 Å². The Labute approximate surface area is 85.5 Å². The molecule has 1 aromatic heterocycles. The summed E-state index contributed by atoms with van der Waals surface area (Å²) < 4.78 is 2.17. The summed E-state index contributed by atoms with van der Waals surface area (Å²) in [6, 6.07) is 0. The van der Waals surface area contributed by atoms with Crippen molar-refractivity contribution in [2.45, 2.75) is 32.2 Å². The van der Waals surface area contributed by atoms with E-state index in [4.69, 9.17) is 0 Å². The molecular formula is C11H19N3. The monoisotopic (exact) mass is 193 g/mol. The minimum atomic E-state index is 0.958. The zero-order valence-corrected chi connectivity index (χ0v) is 8.65. The van der Waals surface area contributed by atoms with Crippen LogP contribution in [0.2, 0.25) is 0 Å². The van der Waals surface area contributed by atoms with Crippen LogP contribution in [0.4, 0.5) is 0 Å². The maximum absolute atomic E-state index is 4.04. The van der Waals surface area contributed by atoms with E-state index in [0.29, 0.717) is 0 Å². The number of imidazole rings is 1. The summed E-state index contributed by atoms with van der Waals surface area (Å²) in [5.41, 5.74) is 0. The van der Waals surface area contributed by atoms with Crippen LogP contribution in [0.25, 0.3) is 0 Å². The number of aromatic nitrogens is 2. The Bertz CT molecular complexity index is 237. The molecule has 14 heavy (non-hydrogen) atoms. The second-order valence-corrected chi connectivity index (χ2v) is 4.14. The van der Waals surface area contributed by atoms with E-state index >= 15 is 0 Å². The van der Waals surface area contributed by atoms with Gasteiger partial charge in [-0.15, -0.1) is 0 Å². The van der Waals surface area contributed by atoms with Crippen molar-refractivity contribution < 1.29 is 0 Å². The van der Waals surface area contributed by atoms with Gasteiger partial charge in [0.15, 0.2) is 0 Å². The minimum Gasteiger partial charge on any atom is -0.337 e. The van der Waals surface area contributed by atoms with Gasteiger partial charge in [0.25, 0.3) is 0 Å². The van der Waals surface area contributed by atoms with Gasteiger partial charge in [0.2, 0.25) is 0 Å². The van der Waals surface area contributed by atoms with Gasteiger partial charge in [-0.2, -0.15) is 0 Å². The van der Waals surface area contributed by atoms with Crippen LogP contribution in [-0.4, -0.2) is 22.6 Å². The highest BCUT2D eigenvalue weighted by Gasteiger charge is 2.11. The van der Waals surface area contributed by atoms with Crippen LogP contribution in [0.5, 0.6) is 0 Å². The molecule has 0 radical (unpaired) electrons. The zero-order chi connectivity index (χ0) is 9.64. The average molecular weight is 193 g/mol. The van der Waals surface area contributed by atoms with E-state index in [9.17, 15) is 0 Å². The lowest BCUT2D eigenvalue weighted by Crippen LogP contribution is -2.27. The molecule has 1 aliphatic heterocycles. The van der Waals surface area contributed by atoms with Gasteiger partial charge in [-0.3, -0.25) is 0 Å². The van der Waals surface area contributed by atoms with Gasteiger partial charge in [-0.25, -0.2) is 4.98 Å². The van der Waals surface area contributed by atoms with Crippen LogP contribution in [0.1, 0.15) is 25.7 Å². The second-order valence-electron chi connectivity index (χ2n) is 4.14. The molecule has 0 unspecified atom stereocenters. The van der Waals surface area contributed by atoms with Crippen LogP contribution in [0.3, 0.4) is 0 Å². The lowest BCUT2D eigenvalue weighted by Gasteiger charge is -2.22. The Morgan fingerprint density at radius 3 is 2.93 bits per heavy atom. The average Bonchev–Trinajstić information content (AvgIpc) is 2.72. The summed E-state index contributed by atoms with van der Waals surface area (Å²) in [5, 5.41) is 3.40. The highest BCUT2D eigenvalue weighted by molar-refractivity contribution is 4.74. The molecule has 0 atom stereocenters. The van der Waals surface area contributed by atoms with Crippen LogP contribution in [0.15, 0.2) is 18.7 Å². The molecule has 0 saturated carbocycles. The summed E-state index contributed by atoms with van der Waals surface area (Å²) in [6.07, 6.45) is 11.2. The third kappa shape index (κ3) is 2.84. The molecule has 1 aliphatic rings. The van der Waals surface area contributed by atoms with Crippen molar-refractivity contribution in [3.8, 4) is 0 Å². The predicted octanol–water partition coefficient (Wildman–Crippen LogP) is 1.66. The van der Waals surface area contributed by atoms with E-state index in [2.05, 4.69) is 14.9 Å². The number of nitrogens with zero attached hydrogens (tertiary/aromatic N) is 2. The molecule has 0 bridgehead atoms. The predicted molar refractivity (Wildman–Crippen MR) is 57.1 cm³/mol. The lowest BCUT2D eigenvalue weighted by atomic mass is 9.93. The number of hydrogen-bond donors (Lipinski definition) is 1. The van der Waals surface area contributed by atoms with Crippen molar-refractivity contribution in [1.29, 1.82) is 0 Å². The quantitative estimate of drug-likeness (QED) is 0.788. The molecule has 0 aliphatic carbocycles. The Balaban J connectivity index is 1.62. The molecule has 3 heteroatoms. The smallest absolute Gasteiger partial charge is 0.0945 e. The maximum Gasteiger partial charge on any atom is 0.0945 e. The molecule has 1 fully saturated rings. The minimum absolute atomic E-state index is 0.958. The Morgan fingerprint density at radius 2 is 2.21 bits per heavy atom. The highest BCUT2D eigenvalue weighted by Crippen LogP contribution is 2.17. The summed E-state index contributed by atoms with van der Waals surface area (Å²) in [7, 11) is 0. The number of piperidine rings is 1. The molecule has 1 saturated heterocycles. The lowest BCUT2D eigenvalue weighted by molar-refractivity contribution is 0.340. The fraction of sp³-hybridized carbons (Fsp3) is 0.727. The van der Waals surface area contributed by atoms with E-state index in [-0.39, 0.29) is 0 Å². The SMILES string of the molecule is c1cn(CCCC2CCNCC2)cn1. The Morgan fingerprint density at radius 1 is 1.36 bits per heavy atom. The third-order valence-corrected chi connectivity index (χ3v) is 3.05. The van der Waals surface area contributed by atoms with Crippen molar-refractivity contribution >= 4 is 0 Å². The summed E-state index contributed by atoms with van der Waals surface area (Å²) in [6.45, 7) is 3.56. The Hall–Kier alpha value is -0.830. The number of rotatable bonds is 4. The molecule has 1 N–H and O–H groups in total. The van der Waals surface area contributed by atoms with Crippen molar-refractivity contribution in [3.05, 3.63) is 18.7 Å². The number of aryl methyl sites for hydroxylation is 1. The van der Waals surface area contributed by atoms with Gasteiger partial charge in [-0.05, 0) is 44.7 Å². The molecule has 0 spiro atoms. The van der Waals surface area contributed by atoms with Gasteiger partial charge >= 0.3 is 0 Å². The van der Waals surface area contributed by atoms with Crippen molar-refractivity contribution in [1.82, 2.24) is 14.9 Å². The zero-order valence-electron chi connectivity index (χ0n) is 8.65. The fourth-order valence-corrected chi connectivity index (χ4v) is 2.15. The van der Waals surface area contributed by atoms with Crippen molar-refractivity contribution in [2.75, 3.05) is 13.1 Å². The summed E-state index contributed by atoms with van der Waals surface area (Å²) in [4.78, 5) is 4.04. The van der Waals surface area contributed by atoms with Gasteiger partial charge in [0.05, 0.1) is 6.33 Å². The maximum atomic E-state index is 4.04. The van der Waals surface area contributed by atoms with E-state index in [1.165, 1.54) is 38.8 Å². The molecule has 0 amide bonds. The van der Waals surface area contributed by atoms with Gasteiger partial charge in [0.1, 0.15) is 0 Å². The van der Waals surface area contributed by atoms with Crippen LogP contribution in [0, 0.1) is 5.92 Å². The van der Waals surface area contributed by atoms with Gasteiger partial charge in [-0.1, -0.05) is 0 Å². The van der Waals surface area contributed by atoms with Crippen LogP contribution in [-0.2, 0) is 6.54 Å². The molecule has 2 rings (SSSR count). The number of hydrogen-bond acceptors (Lipinski definition) is 2. The summed E-state index contributed by atoms with van der Waals surface area (Å²) in [5.74, 6) is 0.958. The van der Waals surface area contributed by atoms with Crippen LogP contribution >= 0.6 is 0 Å². The first kappa shape index (κ1) is 9.71. The van der Waals surface area contributed by atoms with E-state index in [1.807, 2.05) is 18.7 Å². The third-order valence-electron chi connectivity index (χ3n) is 3.05. The first-order chi connectivity index (χ1) is 6.95. The van der Waals surface area contributed by atoms with E-state index in [0.717, 1.165) is 12.5 Å². The Kier molecular flexibility index (Phi) is 3.57. The standard InChI is InChI=1S/C11H19N3/c1(8-14-9-7-13-10-14)2-11-3-5-12-6-4-11/h7,9-12H,1-6,8H2. The molecule has 3 nitrogen and oxygen atoms in total. The normalized spacial score (nSPS) is 18.6. The molecule has 0 aromatic carbocycles. The van der Waals surface area contributed by atoms with E-state index in [1.54, 1.807) is 0 Å². The first-order valence-corrected chi connectivity index (χ1v) is 5.61. The van der Waals surface area contributed by atoms with Crippen LogP contribution < -0.4 is 5.32 Å². The number of nitrogens with one attached hydrogen (secondary N) is 1. The molecule has 2 heterocycles. The fourth-order valence-electron chi connectivity index (χ4n) is 2.15. The largest absolute Gasteiger partial charge is 0.337 e. The topological polar surface area (TPSA) is 29.9 Å². The first-order valence-electron chi connectivity index (χ1n) is 5.61. The summed E-state index contributed by atoms with van der Waals surface area (Å²) >= 11 is 0. The highest BCUT2D eigenvalue weighted by atomic mass is 15.0. The molecular weight excluding hydrogens is 174 g/mol. The second kappa shape index (κ2) is 5.15. The van der Waals surface area contributed by atoms with Gasteiger partial charge < -0.3 is 9.88 Å². The van der Waals surface area contributed by atoms with Crippen molar-refractivity contribution in [3.63, 3.8) is 0 Å². The molecule has 78 valence electrons. The molecule has 1 aromatic rings. The van der Waals surface area contributed by atoms with E-state index < -0.39 is 0 Å². The van der Waals surface area contributed by atoms with Crippen molar-refractivity contribution in [2.24, 2.45) is 5.92 Å².